The lowest BCUT2D eigenvalue weighted by Gasteiger charge is -2.00. The maximum atomic E-state index is 5.14. The summed E-state index contributed by atoms with van der Waals surface area (Å²) in [5.74, 6) is 0. The first-order chi connectivity index (χ1) is 8.13. The van der Waals surface area contributed by atoms with Crippen molar-refractivity contribution in [1.82, 2.24) is 0 Å². The van der Waals surface area contributed by atoms with Crippen LogP contribution < -0.4 is 5.73 Å². The fourth-order valence-corrected chi connectivity index (χ4v) is 1.48. The van der Waals surface area contributed by atoms with E-state index in [0.717, 1.165) is 13.0 Å². The van der Waals surface area contributed by atoms with E-state index in [2.05, 4.69) is 45.9 Å². The molecular formula is C16H31N. The summed E-state index contributed by atoms with van der Waals surface area (Å²) in [7, 11) is 0. The highest BCUT2D eigenvalue weighted by molar-refractivity contribution is 5.28. The maximum Gasteiger partial charge on any atom is -0.00774 e. The van der Waals surface area contributed by atoms with Crippen LogP contribution in [0, 0.1) is 13.8 Å². The Morgan fingerprint density at radius 3 is 1.65 bits per heavy atom. The van der Waals surface area contributed by atoms with Gasteiger partial charge in [0.25, 0.3) is 0 Å². The van der Waals surface area contributed by atoms with Gasteiger partial charge in [-0.05, 0) is 38.8 Å². The van der Waals surface area contributed by atoms with Crippen LogP contribution >= 0.6 is 0 Å². The molecule has 0 unspecified atom stereocenters. The first kappa shape index (κ1) is 18.5. The highest BCUT2D eigenvalue weighted by atomic mass is 14.5. The Kier molecular flexibility index (Phi) is 14.4. The summed E-state index contributed by atoms with van der Waals surface area (Å²) in [6, 6.07) is 6.69. The minimum absolute atomic E-state index is 0.844. The Hall–Kier alpha value is -0.820. The summed E-state index contributed by atoms with van der Waals surface area (Å²) < 4.78 is 0. The summed E-state index contributed by atoms with van der Waals surface area (Å²) in [6.07, 6.45) is 3.53. The first-order valence-electron chi connectivity index (χ1n) is 6.91. The molecule has 100 valence electrons. The van der Waals surface area contributed by atoms with Crippen molar-refractivity contribution in [2.24, 2.45) is 5.73 Å². The van der Waals surface area contributed by atoms with Crippen LogP contribution in [0.3, 0.4) is 0 Å². The number of hydrogen-bond donors (Lipinski definition) is 1. The predicted octanol–water partition coefficient (Wildman–Crippen LogP) is 4.64. The largest absolute Gasteiger partial charge is 0.330 e. The molecule has 1 nitrogen and oxygen atoms in total. The molecular weight excluding hydrogens is 206 g/mol. The first-order valence-corrected chi connectivity index (χ1v) is 6.91. The zero-order valence-electron chi connectivity index (χ0n) is 12.6. The monoisotopic (exact) mass is 237 g/mol. The molecule has 0 saturated heterocycles. The fourth-order valence-electron chi connectivity index (χ4n) is 1.48. The van der Waals surface area contributed by atoms with Crippen LogP contribution in [-0.2, 0) is 6.42 Å². The molecule has 1 rings (SSSR count). The summed E-state index contributed by atoms with van der Waals surface area (Å²) in [6.45, 7) is 13.5. The number of aryl methyl sites for hydroxylation is 3. The van der Waals surface area contributed by atoms with Gasteiger partial charge in [-0.25, -0.2) is 0 Å². The van der Waals surface area contributed by atoms with E-state index >= 15 is 0 Å². The SMILES string of the molecule is CC.CCCCN.CCc1cc(C)cc(C)c1. The van der Waals surface area contributed by atoms with Gasteiger partial charge in [0.15, 0.2) is 0 Å². The Morgan fingerprint density at radius 2 is 1.41 bits per heavy atom. The van der Waals surface area contributed by atoms with Gasteiger partial charge in [0.1, 0.15) is 0 Å². The summed E-state index contributed by atoms with van der Waals surface area (Å²) in [4.78, 5) is 0. The van der Waals surface area contributed by atoms with E-state index in [1.807, 2.05) is 13.8 Å². The van der Waals surface area contributed by atoms with Gasteiger partial charge >= 0.3 is 0 Å². The van der Waals surface area contributed by atoms with E-state index in [0.29, 0.717) is 0 Å². The van der Waals surface area contributed by atoms with Crippen molar-refractivity contribution in [2.75, 3.05) is 6.54 Å². The van der Waals surface area contributed by atoms with Gasteiger partial charge in [-0.3, -0.25) is 0 Å². The molecule has 0 amide bonds. The van der Waals surface area contributed by atoms with Crippen LogP contribution in [0.2, 0.25) is 0 Å². The van der Waals surface area contributed by atoms with Crippen LogP contribution in [0.1, 0.15) is 57.2 Å². The van der Waals surface area contributed by atoms with E-state index in [1.54, 1.807) is 0 Å². The van der Waals surface area contributed by atoms with Crippen LogP contribution in [-0.4, -0.2) is 6.54 Å². The van der Waals surface area contributed by atoms with E-state index in [4.69, 9.17) is 5.73 Å². The number of rotatable bonds is 3. The molecule has 1 heteroatoms. The van der Waals surface area contributed by atoms with Crippen molar-refractivity contribution in [2.45, 2.75) is 60.8 Å². The Balaban J connectivity index is 0. The molecule has 0 aliphatic carbocycles. The highest BCUT2D eigenvalue weighted by Gasteiger charge is 1.91. The molecule has 1 aromatic carbocycles. The van der Waals surface area contributed by atoms with Crippen LogP contribution in [0.4, 0.5) is 0 Å². The minimum atomic E-state index is 0.844. The van der Waals surface area contributed by atoms with Crippen molar-refractivity contribution in [1.29, 1.82) is 0 Å². The quantitative estimate of drug-likeness (QED) is 0.814. The van der Waals surface area contributed by atoms with Gasteiger partial charge in [0.2, 0.25) is 0 Å². The van der Waals surface area contributed by atoms with E-state index in [1.165, 1.54) is 29.5 Å². The van der Waals surface area contributed by atoms with Crippen molar-refractivity contribution >= 4 is 0 Å². The second-order valence-corrected chi connectivity index (χ2v) is 3.99. The standard InChI is InChI=1S/C10H14.C4H11N.C2H6/c1-4-10-6-8(2)5-9(3)7-10;1-2-3-4-5;1-2/h5-7H,4H2,1-3H3;2-5H2,1H3;1-2H3. The molecule has 0 saturated carbocycles. The zero-order valence-corrected chi connectivity index (χ0v) is 12.6. The maximum absolute atomic E-state index is 5.14. The average Bonchev–Trinajstić information content (AvgIpc) is 2.32. The fraction of sp³-hybridized carbons (Fsp3) is 0.625. The molecule has 1 aromatic rings. The topological polar surface area (TPSA) is 26.0 Å². The summed E-state index contributed by atoms with van der Waals surface area (Å²) in [5.41, 5.74) is 9.33. The summed E-state index contributed by atoms with van der Waals surface area (Å²) >= 11 is 0. The van der Waals surface area contributed by atoms with Gasteiger partial charge in [0.05, 0.1) is 0 Å². The molecule has 0 atom stereocenters. The van der Waals surface area contributed by atoms with Crippen molar-refractivity contribution in [3.05, 3.63) is 34.9 Å². The average molecular weight is 237 g/mol. The van der Waals surface area contributed by atoms with Gasteiger partial charge in [-0.1, -0.05) is 63.4 Å². The number of unbranched alkanes of at least 4 members (excludes halogenated alkanes) is 1. The van der Waals surface area contributed by atoms with Gasteiger partial charge in [-0.15, -0.1) is 0 Å². The smallest absolute Gasteiger partial charge is 0.00774 e. The second kappa shape index (κ2) is 13.2. The van der Waals surface area contributed by atoms with Crippen LogP contribution in [0.25, 0.3) is 0 Å². The molecule has 0 spiro atoms. The molecule has 0 aromatic heterocycles. The summed E-state index contributed by atoms with van der Waals surface area (Å²) in [5, 5.41) is 0. The lowest BCUT2D eigenvalue weighted by Crippen LogP contribution is -1.95. The zero-order chi connectivity index (χ0) is 13.7. The molecule has 2 N–H and O–H groups in total. The van der Waals surface area contributed by atoms with Gasteiger partial charge < -0.3 is 5.73 Å². The molecule has 17 heavy (non-hydrogen) atoms. The second-order valence-electron chi connectivity index (χ2n) is 3.99. The molecule has 0 radical (unpaired) electrons. The lowest BCUT2D eigenvalue weighted by molar-refractivity contribution is 0.807. The third-order valence-electron chi connectivity index (χ3n) is 2.25. The van der Waals surface area contributed by atoms with E-state index in [9.17, 15) is 0 Å². The molecule has 0 heterocycles. The van der Waals surface area contributed by atoms with Gasteiger partial charge in [-0.2, -0.15) is 0 Å². The van der Waals surface area contributed by atoms with E-state index < -0.39 is 0 Å². The lowest BCUT2D eigenvalue weighted by atomic mass is 10.1. The number of nitrogens with two attached hydrogens (primary N) is 1. The molecule has 0 aliphatic rings. The third-order valence-corrected chi connectivity index (χ3v) is 2.25. The minimum Gasteiger partial charge on any atom is -0.330 e. The predicted molar refractivity (Wildman–Crippen MR) is 80.6 cm³/mol. The van der Waals surface area contributed by atoms with Crippen molar-refractivity contribution < 1.29 is 0 Å². The van der Waals surface area contributed by atoms with Crippen molar-refractivity contribution in [3.8, 4) is 0 Å². The third kappa shape index (κ3) is 11.4. The molecule has 0 bridgehead atoms. The Labute approximate surface area is 108 Å². The van der Waals surface area contributed by atoms with Crippen molar-refractivity contribution in [3.63, 3.8) is 0 Å². The number of hydrogen-bond acceptors (Lipinski definition) is 1. The van der Waals surface area contributed by atoms with E-state index in [-0.39, 0.29) is 0 Å². The molecule has 0 aliphatic heterocycles. The number of benzene rings is 1. The Bertz CT molecular complexity index is 244. The molecule has 0 fully saturated rings. The van der Waals surface area contributed by atoms with Crippen LogP contribution in [0.15, 0.2) is 18.2 Å². The van der Waals surface area contributed by atoms with Crippen LogP contribution in [0.5, 0.6) is 0 Å². The van der Waals surface area contributed by atoms with Gasteiger partial charge in [0, 0.05) is 0 Å². The Morgan fingerprint density at radius 1 is 0.941 bits per heavy atom. The normalized spacial score (nSPS) is 8.65. The highest BCUT2D eigenvalue weighted by Crippen LogP contribution is 2.08.